The van der Waals surface area contributed by atoms with Crippen molar-refractivity contribution >= 4 is 9.24 Å². The molecule has 7 heavy (non-hydrogen) atoms. The van der Waals surface area contributed by atoms with E-state index in [9.17, 15) is 0 Å². The van der Waals surface area contributed by atoms with Gasteiger partial charge in [-0.15, -0.1) is 9.24 Å². The molecule has 0 aliphatic carbocycles. The van der Waals surface area contributed by atoms with E-state index in [2.05, 4.69) is 9.24 Å². The summed E-state index contributed by atoms with van der Waals surface area (Å²) in [5.41, 5.74) is 0. The van der Waals surface area contributed by atoms with Crippen molar-refractivity contribution in [1.29, 1.82) is 0 Å². The van der Waals surface area contributed by atoms with Crippen LogP contribution in [0.2, 0.25) is 0 Å². The molecule has 0 radical (unpaired) electrons. The van der Waals surface area contributed by atoms with Crippen molar-refractivity contribution in [3.05, 3.63) is 0 Å². The van der Waals surface area contributed by atoms with E-state index in [1.807, 2.05) is 0 Å². The van der Waals surface area contributed by atoms with Gasteiger partial charge < -0.3 is 5.11 Å². The van der Waals surface area contributed by atoms with Gasteiger partial charge in [-0.25, -0.2) is 0 Å². The Morgan fingerprint density at radius 3 is 2.29 bits per heavy atom. The molecule has 0 saturated heterocycles. The fourth-order valence-electron chi connectivity index (χ4n) is 0.433. The van der Waals surface area contributed by atoms with Crippen molar-refractivity contribution in [3.8, 4) is 0 Å². The maximum atomic E-state index is 8.29. The molecular formula is C5H13OP. The minimum Gasteiger partial charge on any atom is -0.396 e. The first-order valence-electron chi connectivity index (χ1n) is 2.72. The molecule has 0 fully saturated rings. The summed E-state index contributed by atoms with van der Waals surface area (Å²) in [5, 5.41) is 8.29. The Hall–Kier alpha value is 0.390. The zero-order valence-electron chi connectivity index (χ0n) is 4.56. The molecule has 1 N–H and O–H groups in total. The van der Waals surface area contributed by atoms with Gasteiger partial charge in [0.2, 0.25) is 0 Å². The first kappa shape index (κ1) is 7.39. The highest BCUT2D eigenvalue weighted by Crippen LogP contribution is 1.96. The first-order chi connectivity index (χ1) is 3.41. The average Bonchev–Trinajstić information content (AvgIpc) is 1.69. The SMILES string of the molecule is OCCCCCP. The summed E-state index contributed by atoms with van der Waals surface area (Å²) in [6.45, 7) is 0.352. The second-order valence-electron chi connectivity index (χ2n) is 1.57. The predicted molar refractivity (Wildman–Crippen MR) is 35.5 cm³/mol. The monoisotopic (exact) mass is 120 g/mol. The third-order valence-corrected chi connectivity index (χ3v) is 1.27. The second kappa shape index (κ2) is 6.39. The van der Waals surface area contributed by atoms with E-state index in [0.717, 1.165) is 6.42 Å². The number of aliphatic hydroxyl groups is 1. The topological polar surface area (TPSA) is 20.2 Å². The Morgan fingerprint density at radius 1 is 1.14 bits per heavy atom. The lowest BCUT2D eigenvalue weighted by molar-refractivity contribution is 0.284. The zero-order valence-corrected chi connectivity index (χ0v) is 5.71. The molecule has 0 heterocycles. The van der Waals surface area contributed by atoms with E-state index >= 15 is 0 Å². The van der Waals surface area contributed by atoms with Crippen LogP contribution in [-0.2, 0) is 0 Å². The van der Waals surface area contributed by atoms with Crippen LogP contribution in [0.4, 0.5) is 0 Å². The Kier molecular flexibility index (Phi) is 6.75. The van der Waals surface area contributed by atoms with Crippen LogP contribution in [0, 0.1) is 0 Å². The Labute approximate surface area is 47.3 Å². The number of hydrogen-bond donors (Lipinski definition) is 1. The molecule has 0 aromatic rings. The predicted octanol–water partition coefficient (Wildman–Crippen LogP) is 1.02. The summed E-state index contributed by atoms with van der Waals surface area (Å²) < 4.78 is 0. The molecule has 0 aliphatic heterocycles. The van der Waals surface area contributed by atoms with Crippen molar-refractivity contribution in [2.75, 3.05) is 12.8 Å². The van der Waals surface area contributed by atoms with Crippen LogP contribution in [0.25, 0.3) is 0 Å². The molecule has 44 valence electrons. The highest BCUT2D eigenvalue weighted by molar-refractivity contribution is 7.16. The van der Waals surface area contributed by atoms with Gasteiger partial charge in [-0.05, 0) is 19.0 Å². The van der Waals surface area contributed by atoms with E-state index in [0.29, 0.717) is 6.61 Å². The molecule has 0 bridgehead atoms. The molecule has 1 atom stereocenters. The largest absolute Gasteiger partial charge is 0.396 e. The van der Waals surface area contributed by atoms with Crippen LogP contribution >= 0.6 is 9.24 Å². The second-order valence-corrected chi connectivity index (χ2v) is 2.15. The number of aliphatic hydroxyl groups excluding tert-OH is 1. The van der Waals surface area contributed by atoms with E-state index in [1.54, 1.807) is 0 Å². The van der Waals surface area contributed by atoms with Gasteiger partial charge in [0.25, 0.3) is 0 Å². The van der Waals surface area contributed by atoms with Crippen molar-refractivity contribution < 1.29 is 5.11 Å². The molecule has 0 aromatic heterocycles. The summed E-state index contributed by atoms with van der Waals surface area (Å²) in [7, 11) is 2.67. The first-order valence-corrected chi connectivity index (χ1v) is 3.54. The summed E-state index contributed by atoms with van der Waals surface area (Å²) in [4.78, 5) is 0. The minimum atomic E-state index is 0.352. The lowest BCUT2D eigenvalue weighted by Crippen LogP contribution is -1.82. The fraction of sp³-hybridized carbons (Fsp3) is 1.00. The van der Waals surface area contributed by atoms with Gasteiger partial charge in [-0.2, -0.15) is 0 Å². The van der Waals surface area contributed by atoms with Gasteiger partial charge in [0.05, 0.1) is 0 Å². The molecular weight excluding hydrogens is 107 g/mol. The zero-order chi connectivity index (χ0) is 5.54. The van der Waals surface area contributed by atoms with E-state index in [-0.39, 0.29) is 0 Å². The molecule has 1 unspecified atom stereocenters. The number of hydrogen-bond acceptors (Lipinski definition) is 1. The molecule has 2 heteroatoms. The maximum absolute atomic E-state index is 8.29. The van der Waals surface area contributed by atoms with Gasteiger partial charge >= 0.3 is 0 Å². The molecule has 0 aliphatic rings. The van der Waals surface area contributed by atoms with Gasteiger partial charge in [-0.3, -0.25) is 0 Å². The molecule has 0 rings (SSSR count). The van der Waals surface area contributed by atoms with Crippen LogP contribution < -0.4 is 0 Å². The quantitative estimate of drug-likeness (QED) is 0.434. The summed E-state index contributed by atoms with van der Waals surface area (Å²) in [6, 6.07) is 0. The van der Waals surface area contributed by atoms with Crippen molar-refractivity contribution in [2.24, 2.45) is 0 Å². The molecule has 0 saturated carbocycles. The average molecular weight is 120 g/mol. The number of unbranched alkanes of at least 4 members (excludes halogenated alkanes) is 2. The van der Waals surface area contributed by atoms with Gasteiger partial charge in [0.1, 0.15) is 0 Å². The summed E-state index contributed by atoms with van der Waals surface area (Å²) >= 11 is 0. The van der Waals surface area contributed by atoms with Crippen molar-refractivity contribution in [1.82, 2.24) is 0 Å². The molecule has 0 amide bonds. The third kappa shape index (κ3) is 6.39. The standard InChI is InChI=1S/C5H13OP/c6-4-2-1-3-5-7/h6H,1-5,7H2. The fourth-order valence-corrected chi connectivity index (χ4v) is 0.722. The lowest BCUT2D eigenvalue weighted by Gasteiger charge is -1.90. The van der Waals surface area contributed by atoms with E-state index < -0.39 is 0 Å². The minimum absolute atomic E-state index is 0.352. The molecule has 0 spiro atoms. The Bertz CT molecular complexity index is 27.3. The molecule has 0 aromatic carbocycles. The maximum Gasteiger partial charge on any atom is 0.0431 e. The lowest BCUT2D eigenvalue weighted by atomic mass is 10.3. The summed E-state index contributed by atoms with van der Waals surface area (Å²) in [5.74, 6) is 0. The third-order valence-electron chi connectivity index (χ3n) is 0.862. The van der Waals surface area contributed by atoms with E-state index in [1.165, 1.54) is 19.0 Å². The van der Waals surface area contributed by atoms with Crippen LogP contribution in [0.5, 0.6) is 0 Å². The van der Waals surface area contributed by atoms with E-state index in [4.69, 9.17) is 5.11 Å². The Morgan fingerprint density at radius 2 is 1.86 bits per heavy atom. The van der Waals surface area contributed by atoms with Crippen LogP contribution in [0.3, 0.4) is 0 Å². The van der Waals surface area contributed by atoms with Crippen molar-refractivity contribution in [3.63, 3.8) is 0 Å². The van der Waals surface area contributed by atoms with Crippen LogP contribution in [0.1, 0.15) is 19.3 Å². The van der Waals surface area contributed by atoms with Gasteiger partial charge in [0, 0.05) is 6.61 Å². The van der Waals surface area contributed by atoms with Gasteiger partial charge in [-0.1, -0.05) is 6.42 Å². The van der Waals surface area contributed by atoms with Crippen LogP contribution in [-0.4, -0.2) is 17.9 Å². The van der Waals surface area contributed by atoms with Crippen LogP contribution in [0.15, 0.2) is 0 Å². The molecule has 1 nitrogen and oxygen atoms in total. The van der Waals surface area contributed by atoms with Crippen molar-refractivity contribution in [2.45, 2.75) is 19.3 Å². The normalized spacial score (nSPS) is 9.43. The number of rotatable bonds is 4. The van der Waals surface area contributed by atoms with Gasteiger partial charge in [0.15, 0.2) is 0 Å². The summed E-state index contributed by atoms with van der Waals surface area (Å²) in [6.07, 6.45) is 4.53. The highest BCUT2D eigenvalue weighted by Gasteiger charge is 1.80. The Balaban J connectivity index is 2.45. The highest BCUT2D eigenvalue weighted by atomic mass is 31.0. The smallest absolute Gasteiger partial charge is 0.0431 e.